The summed E-state index contributed by atoms with van der Waals surface area (Å²) >= 11 is 0. The van der Waals surface area contributed by atoms with E-state index in [4.69, 9.17) is 4.74 Å². The first-order chi connectivity index (χ1) is 13.7. The Morgan fingerprint density at radius 3 is 2.41 bits per heavy atom. The molecule has 0 bridgehead atoms. The minimum atomic E-state index is -3.46. The van der Waals surface area contributed by atoms with Crippen LogP contribution in [-0.2, 0) is 14.8 Å². The predicted molar refractivity (Wildman–Crippen MR) is 113 cm³/mol. The monoisotopic (exact) mass is 420 g/mol. The molecule has 0 unspecified atom stereocenters. The Balaban J connectivity index is 1.92. The number of rotatable bonds is 8. The van der Waals surface area contributed by atoms with E-state index in [2.05, 4.69) is 20.7 Å². The number of urea groups is 1. The topological polar surface area (TPSA) is 126 Å². The minimum Gasteiger partial charge on any atom is -0.494 e. The highest BCUT2D eigenvalue weighted by Gasteiger charge is 2.13. The van der Waals surface area contributed by atoms with Gasteiger partial charge >= 0.3 is 6.03 Å². The molecular weight excluding hydrogens is 396 g/mol. The Morgan fingerprint density at radius 2 is 1.76 bits per heavy atom. The summed E-state index contributed by atoms with van der Waals surface area (Å²) in [5.74, 6) is -0.274. The van der Waals surface area contributed by atoms with Crippen molar-refractivity contribution < 1.29 is 22.7 Å². The van der Waals surface area contributed by atoms with Crippen molar-refractivity contribution in [2.24, 2.45) is 0 Å². The van der Waals surface area contributed by atoms with Crippen LogP contribution in [0.5, 0.6) is 5.75 Å². The van der Waals surface area contributed by atoms with Crippen molar-refractivity contribution in [3.63, 3.8) is 0 Å². The van der Waals surface area contributed by atoms with Crippen LogP contribution in [0.2, 0.25) is 0 Å². The normalized spacial score (nSPS) is 10.7. The average molecular weight is 420 g/mol. The largest absolute Gasteiger partial charge is 0.494 e. The molecule has 0 aliphatic rings. The van der Waals surface area contributed by atoms with E-state index in [0.29, 0.717) is 11.4 Å². The third-order valence-electron chi connectivity index (χ3n) is 3.82. The second kappa shape index (κ2) is 9.78. The van der Waals surface area contributed by atoms with Crippen molar-refractivity contribution in [1.29, 1.82) is 0 Å². The minimum absolute atomic E-state index is 0.0784. The Bertz CT molecular complexity index is 992. The van der Waals surface area contributed by atoms with E-state index in [9.17, 15) is 18.0 Å². The van der Waals surface area contributed by atoms with E-state index < -0.39 is 22.0 Å². The zero-order valence-corrected chi connectivity index (χ0v) is 17.2. The van der Waals surface area contributed by atoms with E-state index in [1.54, 1.807) is 12.1 Å². The molecule has 0 saturated heterocycles. The number of aryl methyl sites for hydroxylation is 1. The van der Waals surface area contributed by atoms with Gasteiger partial charge in [-0.15, -0.1) is 0 Å². The number of sulfonamides is 1. The summed E-state index contributed by atoms with van der Waals surface area (Å²) in [5, 5.41) is 7.71. The third-order valence-corrected chi connectivity index (χ3v) is 5.11. The van der Waals surface area contributed by atoms with E-state index >= 15 is 0 Å². The van der Waals surface area contributed by atoms with E-state index in [-0.39, 0.29) is 23.7 Å². The summed E-state index contributed by atoms with van der Waals surface area (Å²) in [7, 11) is -2.07. The van der Waals surface area contributed by atoms with Crippen LogP contribution in [0.3, 0.4) is 0 Å². The Morgan fingerprint density at radius 1 is 1.03 bits per heavy atom. The second-order valence-electron chi connectivity index (χ2n) is 6.15. The molecular formula is C19H24N4O5S. The van der Waals surface area contributed by atoms with Crippen LogP contribution in [-0.4, -0.2) is 39.8 Å². The number of benzene rings is 2. The molecule has 29 heavy (non-hydrogen) atoms. The fourth-order valence-corrected chi connectivity index (χ4v) is 3.00. The molecule has 10 heteroatoms. The fraction of sp³-hybridized carbons (Fsp3) is 0.263. The zero-order valence-electron chi connectivity index (χ0n) is 16.4. The number of methoxy groups -OCH3 is 1. The molecule has 2 aromatic rings. The molecule has 2 aromatic carbocycles. The van der Waals surface area contributed by atoms with Gasteiger partial charge in [-0.05, 0) is 43.7 Å². The van der Waals surface area contributed by atoms with Gasteiger partial charge in [0.2, 0.25) is 15.9 Å². The molecule has 0 spiro atoms. The summed E-state index contributed by atoms with van der Waals surface area (Å²) in [6.45, 7) is 3.18. The average Bonchev–Trinajstić information content (AvgIpc) is 2.67. The van der Waals surface area contributed by atoms with E-state index in [1.165, 1.54) is 32.2 Å². The first-order valence-electron chi connectivity index (χ1n) is 8.82. The molecule has 0 radical (unpaired) electrons. The van der Waals surface area contributed by atoms with Gasteiger partial charge in [0.15, 0.2) is 0 Å². The van der Waals surface area contributed by atoms with Crippen LogP contribution < -0.4 is 25.4 Å². The van der Waals surface area contributed by atoms with E-state index in [1.807, 2.05) is 19.1 Å². The molecule has 0 aromatic heterocycles. The highest BCUT2D eigenvalue weighted by atomic mass is 32.2. The third kappa shape index (κ3) is 7.00. The molecule has 0 heterocycles. The second-order valence-corrected chi connectivity index (χ2v) is 8.16. The lowest BCUT2D eigenvalue weighted by Gasteiger charge is -2.13. The molecule has 3 amide bonds. The standard InChI is InChI=1S/C19H24N4O5S/c1-4-29(26,27)23-16-9-8-15(11-17(16)28-3)21-18(24)12-20-19(25)22-14-7-5-6-13(2)10-14/h5-11,23H,4,12H2,1-3H3,(H,21,24)(H2,20,22,25). The molecule has 0 saturated carbocycles. The molecule has 0 atom stereocenters. The van der Waals surface area contributed by atoms with Crippen molar-refractivity contribution in [2.75, 3.05) is 34.8 Å². The lowest BCUT2D eigenvalue weighted by atomic mass is 10.2. The van der Waals surface area contributed by atoms with Crippen molar-refractivity contribution in [3.8, 4) is 5.75 Å². The van der Waals surface area contributed by atoms with Gasteiger partial charge in [0.1, 0.15) is 5.75 Å². The van der Waals surface area contributed by atoms with Crippen molar-refractivity contribution in [1.82, 2.24) is 5.32 Å². The SMILES string of the molecule is CCS(=O)(=O)Nc1ccc(NC(=O)CNC(=O)Nc2cccc(C)c2)cc1OC. The number of anilines is 3. The summed E-state index contributed by atoms with van der Waals surface area (Å²) in [4.78, 5) is 24.0. The van der Waals surface area contributed by atoms with Gasteiger partial charge in [-0.25, -0.2) is 13.2 Å². The smallest absolute Gasteiger partial charge is 0.319 e. The molecule has 9 nitrogen and oxygen atoms in total. The summed E-state index contributed by atoms with van der Waals surface area (Å²) in [6, 6.07) is 11.3. The van der Waals surface area contributed by atoms with Crippen LogP contribution in [0.25, 0.3) is 0 Å². The quantitative estimate of drug-likeness (QED) is 0.522. The molecule has 156 valence electrons. The van der Waals surface area contributed by atoms with Gasteiger partial charge < -0.3 is 20.7 Å². The lowest BCUT2D eigenvalue weighted by molar-refractivity contribution is -0.115. The van der Waals surface area contributed by atoms with Crippen LogP contribution >= 0.6 is 0 Å². The molecule has 4 N–H and O–H groups in total. The number of carbonyl (C=O) groups is 2. The van der Waals surface area contributed by atoms with Crippen LogP contribution in [0.1, 0.15) is 12.5 Å². The molecule has 0 aliphatic heterocycles. The van der Waals surface area contributed by atoms with E-state index in [0.717, 1.165) is 5.56 Å². The number of carbonyl (C=O) groups excluding carboxylic acids is 2. The van der Waals surface area contributed by atoms with Gasteiger partial charge in [0.05, 0.1) is 25.1 Å². The lowest BCUT2D eigenvalue weighted by Crippen LogP contribution is -2.35. The van der Waals surface area contributed by atoms with Gasteiger partial charge in [-0.2, -0.15) is 0 Å². The summed E-state index contributed by atoms with van der Waals surface area (Å²) in [6.07, 6.45) is 0. The highest BCUT2D eigenvalue weighted by Crippen LogP contribution is 2.28. The van der Waals surface area contributed by atoms with Crippen LogP contribution in [0, 0.1) is 6.92 Å². The molecule has 0 aliphatic carbocycles. The van der Waals surface area contributed by atoms with Crippen LogP contribution in [0.15, 0.2) is 42.5 Å². The predicted octanol–water partition coefficient (Wildman–Crippen LogP) is 2.53. The van der Waals surface area contributed by atoms with Crippen molar-refractivity contribution in [2.45, 2.75) is 13.8 Å². The van der Waals surface area contributed by atoms with Crippen LogP contribution in [0.4, 0.5) is 21.9 Å². The highest BCUT2D eigenvalue weighted by molar-refractivity contribution is 7.92. The summed E-state index contributed by atoms with van der Waals surface area (Å²) < 4.78 is 31.0. The van der Waals surface area contributed by atoms with Gasteiger partial charge in [-0.3, -0.25) is 9.52 Å². The Kier molecular flexibility index (Phi) is 7.43. The maximum atomic E-state index is 12.1. The maximum absolute atomic E-state index is 12.1. The zero-order chi connectivity index (χ0) is 21.4. The number of amides is 3. The van der Waals surface area contributed by atoms with Gasteiger partial charge in [0.25, 0.3) is 0 Å². The molecule has 0 fully saturated rings. The first-order valence-corrected chi connectivity index (χ1v) is 10.5. The Labute approximate surface area is 169 Å². The number of hydrogen-bond acceptors (Lipinski definition) is 5. The van der Waals surface area contributed by atoms with Crippen molar-refractivity contribution in [3.05, 3.63) is 48.0 Å². The van der Waals surface area contributed by atoms with Crippen molar-refractivity contribution >= 4 is 39.0 Å². The number of nitrogens with one attached hydrogen (secondary N) is 4. The maximum Gasteiger partial charge on any atom is 0.319 e. The van der Waals surface area contributed by atoms with Gasteiger partial charge in [0, 0.05) is 17.4 Å². The number of hydrogen-bond donors (Lipinski definition) is 4. The first kappa shape index (κ1) is 22.0. The van der Waals surface area contributed by atoms with Gasteiger partial charge in [-0.1, -0.05) is 12.1 Å². The number of ether oxygens (including phenoxy) is 1. The summed E-state index contributed by atoms with van der Waals surface area (Å²) in [5.41, 5.74) is 2.28. The fourth-order valence-electron chi connectivity index (χ4n) is 2.36. The Hall–Kier alpha value is -3.27. The molecule has 2 rings (SSSR count).